The van der Waals surface area contributed by atoms with Crippen molar-refractivity contribution in [1.29, 1.82) is 0 Å². The first-order chi connectivity index (χ1) is 16.9. The van der Waals surface area contributed by atoms with Gasteiger partial charge in [-0.05, 0) is 35.1 Å². The summed E-state index contributed by atoms with van der Waals surface area (Å²) in [5.41, 5.74) is 2.67. The van der Waals surface area contributed by atoms with Crippen LogP contribution in [0.3, 0.4) is 0 Å². The number of aliphatic hydroxyl groups is 1. The van der Waals surface area contributed by atoms with Gasteiger partial charge in [-0.1, -0.05) is 61.4 Å². The van der Waals surface area contributed by atoms with E-state index in [1.54, 1.807) is 0 Å². The average Bonchev–Trinajstić information content (AvgIpc) is 3.42. The van der Waals surface area contributed by atoms with Crippen LogP contribution in [0.25, 0.3) is 11.1 Å². The monoisotopic (exact) mass is 478 g/mol. The fourth-order valence-corrected chi connectivity index (χ4v) is 5.78. The Morgan fingerprint density at radius 1 is 1.00 bits per heavy atom. The molecule has 3 atom stereocenters. The second-order valence-electron chi connectivity index (χ2n) is 9.81. The molecular formula is C27H30N2O6. The summed E-state index contributed by atoms with van der Waals surface area (Å²) < 4.78 is 5.67. The van der Waals surface area contributed by atoms with Crippen LogP contribution in [0.4, 0.5) is 4.79 Å². The predicted octanol–water partition coefficient (Wildman–Crippen LogP) is 3.13. The Bertz CT molecular complexity index is 1100. The number of carboxylic acids is 1. The largest absolute Gasteiger partial charge is 0.479 e. The molecule has 35 heavy (non-hydrogen) atoms. The molecule has 0 radical (unpaired) electrons. The van der Waals surface area contributed by atoms with E-state index >= 15 is 0 Å². The number of rotatable bonds is 5. The molecular weight excluding hydrogens is 448 g/mol. The van der Waals surface area contributed by atoms with Gasteiger partial charge in [0.1, 0.15) is 6.61 Å². The zero-order valence-corrected chi connectivity index (χ0v) is 19.5. The molecule has 3 aliphatic rings. The van der Waals surface area contributed by atoms with Gasteiger partial charge in [-0.25, -0.2) is 9.59 Å². The van der Waals surface area contributed by atoms with E-state index < -0.39 is 23.6 Å². The standard InChI is InChI=1S/C27H30N2O6/c30-24(29-14-13-27(34,16-29)25(31)32)21-11-5-6-12-23(21)28-26(33)35-15-22-19-9-3-1-7-17(19)18-8-2-4-10-20(18)22/h1-4,7-10,21-23,34H,5-6,11-16H2,(H,28,33)(H,31,32). The second-order valence-corrected chi connectivity index (χ2v) is 9.81. The molecule has 1 saturated carbocycles. The van der Waals surface area contributed by atoms with Gasteiger partial charge in [0.15, 0.2) is 5.60 Å². The highest BCUT2D eigenvalue weighted by Gasteiger charge is 2.47. The molecule has 2 amide bonds. The number of hydrogen-bond acceptors (Lipinski definition) is 5. The van der Waals surface area contributed by atoms with E-state index in [0.29, 0.717) is 12.8 Å². The number of carbonyl (C=O) groups is 3. The van der Waals surface area contributed by atoms with Crippen molar-refractivity contribution in [2.75, 3.05) is 19.7 Å². The highest BCUT2D eigenvalue weighted by molar-refractivity contribution is 5.84. The lowest BCUT2D eigenvalue weighted by atomic mass is 9.83. The molecule has 5 rings (SSSR count). The number of benzene rings is 2. The third-order valence-corrected chi connectivity index (χ3v) is 7.69. The van der Waals surface area contributed by atoms with Gasteiger partial charge in [-0.15, -0.1) is 0 Å². The van der Waals surface area contributed by atoms with Crippen LogP contribution in [-0.4, -0.2) is 64.4 Å². The third kappa shape index (κ3) is 4.38. The van der Waals surface area contributed by atoms with Gasteiger partial charge in [0.05, 0.1) is 12.5 Å². The number of carbonyl (C=O) groups excluding carboxylic acids is 2. The number of alkyl carbamates (subject to hydrolysis) is 1. The maximum absolute atomic E-state index is 13.2. The van der Waals surface area contributed by atoms with Crippen molar-refractivity contribution >= 4 is 18.0 Å². The molecule has 0 aromatic heterocycles. The van der Waals surface area contributed by atoms with E-state index in [1.807, 2.05) is 24.3 Å². The van der Waals surface area contributed by atoms with E-state index in [9.17, 15) is 24.6 Å². The topological polar surface area (TPSA) is 116 Å². The normalized spacial score (nSPS) is 25.6. The Kier molecular flexibility index (Phi) is 6.23. The molecule has 1 heterocycles. The first-order valence-corrected chi connectivity index (χ1v) is 12.2. The van der Waals surface area contributed by atoms with Crippen molar-refractivity contribution in [3.63, 3.8) is 0 Å². The summed E-state index contributed by atoms with van der Waals surface area (Å²) in [5, 5.41) is 22.4. The van der Waals surface area contributed by atoms with Gasteiger partial charge in [0.2, 0.25) is 5.91 Å². The van der Waals surface area contributed by atoms with Crippen LogP contribution in [0, 0.1) is 5.92 Å². The summed E-state index contributed by atoms with van der Waals surface area (Å²) in [5.74, 6) is -2.04. The number of amides is 2. The lowest BCUT2D eigenvalue weighted by Crippen LogP contribution is -2.50. The van der Waals surface area contributed by atoms with E-state index in [4.69, 9.17) is 4.74 Å². The van der Waals surface area contributed by atoms with Gasteiger partial charge in [-0.2, -0.15) is 0 Å². The minimum Gasteiger partial charge on any atom is -0.479 e. The lowest BCUT2D eigenvalue weighted by molar-refractivity contribution is -0.157. The summed E-state index contributed by atoms with van der Waals surface area (Å²) in [6.07, 6.45) is 2.45. The molecule has 0 bridgehead atoms. The van der Waals surface area contributed by atoms with Crippen LogP contribution >= 0.6 is 0 Å². The number of aliphatic carboxylic acids is 1. The van der Waals surface area contributed by atoms with Crippen LogP contribution in [0.5, 0.6) is 0 Å². The highest BCUT2D eigenvalue weighted by atomic mass is 16.5. The summed E-state index contributed by atoms with van der Waals surface area (Å²) in [7, 11) is 0. The second kappa shape index (κ2) is 9.34. The SMILES string of the molecule is O=C(NC1CCCCC1C(=O)N1CCC(O)(C(=O)O)C1)OCC1c2ccccc2-c2ccccc21. The molecule has 8 heteroatoms. The van der Waals surface area contributed by atoms with Crippen LogP contribution in [0.15, 0.2) is 48.5 Å². The van der Waals surface area contributed by atoms with Crippen LogP contribution in [-0.2, 0) is 14.3 Å². The first kappa shape index (κ1) is 23.4. The number of likely N-dealkylation sites (tertiary alicyclic amines) is 1. The van der Waals surface area contributed by atoms with Gasteiger partial charge < -0.3 is 25.2 Å². The number of ether oxygens (including phenoxy) is 1. The number of hydrogen-bond donors (Lipinski definition) is 3. The molecule has 3 N–H and O–H groups in total. The Hall–Kier alpha value is -3.39. The summed E-state index contributed by atoms with van der Waals surface area (Å²) in [6, 6.07) is 15.9. The molecule has 1 aliphatic heterocycles. The summed E-state index contributed by atoms with van der Waals surface area (Å²) >= 11 is 0. The molecule has 2 aliphatic carbocycles. The van der Waals surface area contributed by atoms with E-state index in [2.05, 4.69) is 29.6 Å². The quantitative estimate of drug-likeness (QED) is 0.608. The van der Waals surface area contributed by atoms with Crippen molar-refractivity contribution in [3.8, 4) is 11.1 Å². The van der Waals surface area contributed by atoms with Crippen molar-refractivity contribution in [2.45, 2.75) is 49.7 Å². The van der Waals surface area contributed by atoms with Crippen molar-refractivity contribution in [2.24, 2.45) is 5.92 Å². The fourth-order valence-electron chi connectivity index (χ4n) is 5.78. The third-order valence-electron chi connectivity index (χ3n) is 7.69. The van der Waals surface area contributed by atoms with E-state index in [1.165, 1.54) is 4.90 Å². The number of carboxylic acid groups (broad SMARTS) is 1. The number of nitrogens with zero attached hydrogens (tertiary/aromatic N) is 1. The van der Waals surface area contributed by atoms with Crippen LogP contribution in [0.1, 0.15) is 49.1 Å². The molecule has 3 unspecified atom stereocenters. The highest BCUT2D eigenvalue weighted by Crippen LogP contribution is 2.44. The molecule has 2 aromatic carbocycles. The Morgan fingerprint density at radius 2 is 1.63 bits per heavy atom. The van der Waals surface area contributed by atoms with Crippen molar-refractivity contribution < 1.29 is 29.3 Å². The molecule has 2 aromatic rings. The van der Waals surface area contributed by atoms with Gasteiger partial charge in [-0.3, -0.25) is 4.79 Å². The smallest absolute Gasteiger partial charge is 0.407 e. The maximum atomic E-state index is 13.2. The first-order valence-electron chi connectivity index (χ1n) is 12.2. The van der Waals surface area contributed by atoms with Crippen molar-refractivity contribution in [1.82, 2.24) is 10.2 Å². The average molecular weight is 479 g/mol. The minimum absolute atomic E-state index is 0.00523. The maximum Gasteiger partial charge on any atom is 0.407 e. The molecule has 8 nitrogen and oxygen atoms in total. The van der Waals surface area contributed by atoms with Crippen molar-refractivity contribution in [3.05, 3.63) is 59.7 Å². The zero-order valence-electron chi connectivity index (χ0n) is 19.5. The van der Waals surface area contributed by atoms with Crippen LogP contribution in [0.2, 0.25) is 0 Å². The zero-order chi connectivity index (χ0) is 24.6. The number of fused-ring (bicyclic) bond motifs is 3. The lowest BCUT2D eigenvalue weighted by Gasteiger charge is -2.33. The predicted molar refractivity (Wildman–Crippen MR) is 128 cm³/mol. The van der Waals surface area contributed by atoms with E-state index in [0.717, 1.165) is 35.1 Å². The summed E-state index contributed by atoms with van der Waals surface area (Å²) in [4.78, 5) is 38.7. The summed E-state index contributed by atoms with van der Waals surface area (Å²) in [6.45, 7) is 0.161. The number of nitrogens with one attached hydrogen (secondary N) is 1. The Morgan fingerprint density at radius 3 is 2.26 bits per heavy atom. The fraction of sp³-hybridized carbons (Fsp3) is 0.444. The molecule has 1 saturated heterocycles. The van der Waals surface area contributed by atoms with Gasteiger partial charge in [0, 0.05) is 24.9 Å². The van der Waals surface area contributed by atoms with E-state index in [-0.39, 0.29) is 44.0 Å². The molecule has 2 fully saturated rings. The molecule has 184 valence electrons. The van der Waals surface area contributed by atoms with Gasteiger partial charge in [0.25, 0.3) is 0 Å². The molecule has 0 spiro atoms. The Labute approximate surface area is 203 Å². The Balaban J connectivity index is 1.23. The number of β-amino-alcohol motifs (C(OH)–C–C–N with tert-alkyl or cyclic N) is 1. The van der Waals surface area contributed by atoms with Crippen LogP contribution < -0.4 is 5.32 Å². The van der Waals surface area contributed by atoms with Gasteiger partial charge >= 0.3 is 12.1 Å². The minimum atomic E-state index is -1.90.